The van der Waals surface area contributed by atoms with Crippen molar-refractivity contribution in [3.05, 3.63) is 80.7 Å². The van der Waals surface area contributed by atoms with E-state index in [1.54, 1.807) is 18.2 Å². The molecule has 0 spiro atoms. The van der Waals surface area contributed by atoms with Crippen molar-refractivity contribution in [1.82, 2.24) is 0 Å². The topological polar surface area (TPSA) is 58.2 Å². The number of amides is 2. The summed E-state index contributed by atoms with van der Waals surface area (Å²) in [5.74, 6) is 0.123. The molecule has 1 atom stereocenters. The summed E-state index contributed by atoms with van der Waals surface area (Å²) in [5, 5.41) is 7.01. The fourth-order valence-corrected chi connectivity index (χ4v) is 5.41. The molecule has 154 valence electrons. The Kier molecular flexibility index (Phi) is 5.93. The second-order valence-electron chi connectivity index (χ2n) is 7.76. The van der Waals surface area contributed by atoms with E-state index in [0.717, 1.165) is 30.4 Å². The molecule has 3 aromatic rings. The maximum Gasteiger partial charge on any atom is 0.258 e. The van der Waals surface area contributed by atoms with Crippen LogP contribution in [0.2, 0.25) is 5.02 Å². The number of thiophene rings is 1. The number of hydrogen-bond acceptors (Lipinski definition) is 3. The highest BCUT2D eigenvalue weighted by Crippen LogP contribution is 2.40. The lowest BCUT2D eigenvalue weighted by molar-refractivity contribution is 0.102. The molecule has 2 aromatic carbocycles. The molecule has 0 fully saturated rings. The van der Waals surface area contributed by atoms with Gasteiger partial charge in [-0.15, -0.1) is 11.3 Å². The number of nitrogens with one attached hydrogen (secondary N) is 2. The summed E-state index contributed by atoms with van der Waals surface area (Å²) >= 11 is 7.74. The number of carbonyl (C=O) groups is 2. The van der Waals surface area contributed by atoms with Crippen molar-refractivity contribution in [2.75, 3.05) is 10.6 Å². The van der Waals surface area contributed by atoms with Gasteiger partial charge in [0.25, 0.3) is 11.8 Å². The number of anilines is 2. The van der Waals surface area contributed by atoms with Crippen LogP contribution >= 0.6 is 22.9 Å². The van der Waals surface area contributed by atoms with E-state index in [1.165, 1.54) is 16.2 Å². The van der Waals surface area contributed by atoms with Crippen LogP contribution in [0.5, 0.6) is 0 Å². The lowest BCUT2D eigenvalue weighted by Gasteiger charge is -2.19. The van der Waals surface area contributed by atoms with Crippen molar-refractivity contribution in [1.29, 1.82) is 0 Å². The van der Waals surface area contributed by atoms with Gasteiger partial charge in [0.05, 0.1) is 16.3 Å². The van der Waals surface area contributed by atoms with Crippen molar-refractivity contribution in [3.63, 3.8) is 0 Å². The molecule has 0 bridgehead atoms. The number of hydrogen-bond donors (Lipinski definition) is 2. The summed E-state index contributed by atoms with van der Waals surface area (Å²) in [7, 11) is 0. The highest BCUT2D eigenvalue weighted by atomic mass is 35.5. The summed E-state index contributed by atoms with van der Waals surface area (Å²) in [5.41, 5.74) is 3.66. The molecule has 1 aromatic heterocycles. The van der Waals surface area contributed by atoms with Gasteiger partial charge in [0.1, 0.15) is 5.00 Å². The summed E-state index contributed by atoms with van der Waals surface area (Å²) in [6.07, 6.45) is 2.78. The predicted molar refractivity (Wildman–Crippen MR) is 124 cm³/mol. The van der Waals surface area contributed by atoms with Gasteiger partial charge in [-0.25, -0.2) is 0 Å². The molecule has 2 N–H and O–H groups in total. The van der Waals surface area contributed by atoms with Crippen molar-refractivity contribution in [3.8, 4) is 0 Å². The van der Waals surface area contributed by atoms with E-state index in [0.29, 0.717) is 32.8 Å². The second-order valence-corrected chi connectivity index (χ2v) is 9.27. The number of aryl methyl sites for hydroxylation is 1. The minimum atomic E-state index is -0.241. The number of carbonyl (C=O) groups excluding carboxylic acids is 2. The van der Waals surface area contributed by atoms with Crippen LogP contribution in [0.15, 0.2) is 48.5 Å². The molecule has 4 rings (SSSR count). The highest BCUT2D eigenvalue weighted by Gasteiger charge is 2.29. The van der Waals surface area contributed by atoms with Crippen molar-refractivity contribution in [2.24, 2.45) is 5.92 Å². The van der Waals surface area contributed by atoms with E-state index in [9.17, 15) is 9.59 Å². The van der Waals surface area contributed by atoms with Gasteiger partial charge in [0.15, 0.2) is 0 Å². The molecule has 1 aliphatic rings. The largest absolute Gasteiger partial charge is 0.321 e. The zero-order valence-corrected chi connectivity index (χ0v) is 18.5. The number of halogens is 1. The van der Waals surface area contributed by atoms with Crippen LogP contribution in [0.1, 0.15) is 50.1 Å². The molecule has 30 heavy (non-hydrogen) atoms. The first kappa shape index (κ1) is 20.6. The molecule has 1 aliphatic carbocycles. The minimum Gasteiger partial charge on any atom is -0.321 e. The normalized spacial score (nSPS) is 15.4. The maximum absolute atomic E-state index is 13.3. The van der Waals surface area contributed by atoms with E-state index in [1.807, 2.05) is 37.3 Å². The van der Waals surface area contributed by atoms with Gasteiger partial charge in [-0.1, -0.05) is 48.9 Å². The Labute approximate surface area is 185 Å². The lowest BCUT2D eigenvalue weighted by Crippen LogP contribution is -2.20. The third kappa shape index (κ3) is 4.13. The van der Waals surface area contributed by atoms with Crippen LogP contribution in [0.3, 0.4) is 0 Å². The van der Waals surface area contributed by atoms with Crippen LogP contribution in [0.4, 0.5) is 10.7 Å². The molecule has 4 nitrogen and oxygen atoms in total. The van der Waals surface area contributed by atoms with Gasteiger partial charge in [0, 0.05) is 10.4 Å². The SMILES string of the molecule is Cc1ccccc1C(=O)Nc1sc2c(c1C(=O)Nc1ccccc1Cl)CC[C@@H](C)C2. The molecule has 2 amide bonds. The molecule has 0 aliphatic heterocycles. The number of benzene rings is 2. The Bertz CT molecular complexity index is 1120. The molecule has 1 heterocycles. The first-order chi connectivity index (χ1) is 14.4. The molecule has 0 saturated heterocycles. The van der Waals surface area contributed by atoms with Gasteiger partial charge >= 0.3 is 0 Å². The summed E-state index contributed by atoms with van der Waals surface area (Å²) in [6.45, 7) is 4.12. The quantitative estimate of drug-likeness (QED) is 0.499. The van der Waals surface area contributed by atoms with Gasteiger partial charge in [0.2, 0.25) is 0 Å². The summed E-state index contributed by atoms with van der Waals surface area (Å²) < 4.78 is 0. The summed E-state index contributed by atoms with van der Waals surface area (Å²) in [6, 6.07) is 14.6. The van der Waals surface area contributed by atoms with E-state index in [2.05, 4.69) is 17.6 Å². The van der Waals surface area contributed by atoms with E-state index in [4.69, 9.17) is 11.6 Å². The number of rotatable bonds is 4. The fraction of sp³-hybridized carbons (Fsp3) is 0.250. The molecular weight excluding hydrogens is 416 g/mol. The third-order valence-electron chi connectivity index (χ3n) is 5.48. The Morgan fingerprint density at radius 1 is 1.03 bits per heavy atom. The van der Waals surface area contributed by atoms with Gasteiger partial charge in [-0.05, 0) is 61.4 Å². The van der Waals surface area contributed by atoms with Crippen LogP contribution in [0.25, 0.3) is 0 Å². The predicted octanol–water partition coefficient (Wildman–Crippen LogP) is 6.34. The van der Waals surface area contributed by atoms with Crippen molar-refractivity contribution < 1.29 is 9.59 Å². The second kappa shape index (κ2) is 8.62. The van der Waals surface area contributed by atoms with Crippen molar-refractivity contribution in [2.45, 2.75) is 33.1 Å². The number of para-hydroxylation sites is 1. The van der Waals surface area contributed by atoms with Crippen LogP contribution in [0, 0.1) is 12.8 Å². The Hall–Kier alpha value is -2.63. The monoisotopic (exact) mass is 438 g/mol. The van der Waals surface area contributed by atoms with Gasteiger partial charge < -0.3 is 10.6 Å². The van der Waals surface area contributed by atoms with E-state index >= 15 is 0 Å². The Morgan fingerprint density at radius 2 is 1.77 bits per heavy atom. The van der Waals surface area contributed by atoms with Crippen LogP contribution in [-0.2, 0) is 12.8 Å². The first-order valence-corrected chi connectivity index (χ1v) is 11.2. The molecule has 6 heteroatoms. The Balaban J connectivity index is 1.70. The smallest absolute Gasteiger partial charge is 0.258 e. The van der Waals surface area contributed by atoms with Crippen LogP contribution < -0.4 is 10.6 Å². The first-order valence-electron chi connectivity index (χ1n) is 10.0. The lowest BCUT2D eigenvalue weighted by atomic mass is 9.88. The zero-order valence-electron chi connectivity index (χ0n) is 16.9. The third-order valence-corrected chi connectivity index (χ3v) is 6.98. The standard InChI is InChI=1S/C24H23ClN2O2S/c1-14-11-12-17-20(13-14)30-24(27-22(28)16-8-4-3-7-15(16)2)21(17)23(29)26-19-10-6-5-9-18(19)25/h3-10,14H,11-13H2,1-2H3,(H,26,29)(H,27,28)/t14-/m1/s1. The Morgan fingerprint density at radius 3 is 2.53 bits per heavy atom. The van der Waals surface area contributed by atoms with E-state index < -0.39 is 0 Å². The van der Waals surface area contributed by atoms with E-state index in [-0.39, 0.29) is 11.8 Å². The summed E-state index contributed by atoms with van der Waals surface area (Å²) in [4.78, 5) is 27.4. The fourth-order valence-electron chi connectivity index (χ4n) is 3.82. The average molecular weight is 439 g/mol. The maximum atomic E-state index is 13.3. The zero-order chi connectivity index (χ0) is 21.3. The van der Waals surface area contributed by atoms with Gasteiger partial charge in [-0.2, -0.15) is 0 Å². The number of fused-ring (bicyclic) bond motifs is 1. The average Bonchev–Trinajstić information content (AvgIpc) is 3.06. The highest BCUT2D eigenvalue weighted by molar-refractivity contribution is 7.17. The minimum absolute atomic E-state index is 0.202. The molecule has 0 radical (unpaired) electrons. The van der Waals surface area contributed by atoms with Gasteiger partial charge in [-0.3, -0.25) is 9.59 Å². The molecule has 0 unspecified atom stereocenters. The van der Waals surface area contributed by atoms with Crippen molar-refractivity contribution >= 4 is 45.4 Å². The van der Waals surface area contributed by atoms with Crippen LogP contribution in [-0.4, -0.2) is 11.8 Å². The molecule has 0 saturated carbocycles. The molecular formula is C24H23ClN2O2S.